The van der Waals surface area contributed by atoms with Crippen LogP contribution in [0.3, 0.4) is 0 Å². The number of carbonyl (C=O) groups excluding carboxylic acids is 2. The van der Waals surface area contributed by atoms with Crippen LogP contribution in [0, 0.1) is 19.7 Å². The predicted molar refractivity (Wildman–Crippen MR) is 135 cm³/mol. The molecule has 4 aromatic rings. The summed E-state index contributed by atoms with van der Waals surface area (Å²) in [6.07, 6.45) is 0. The zero-order valence-electron chi connectivity index (χ0n) is 19.7. The van der Waals surface area contributed by atoms with Crippen LogP contribution in [0.25, 0.3) is 10.6 Å². The van der Waals surface area contributed by atoms with Gasteiger partial charge in [-0.2, -0.15) is 5.10 Å². The van der Waals surface area contributed by atoms with Gasteiger partial charge in [-0.15, -0.1) is 11.3 Å². The van der Waals surface area contributed by atoms with Crippen LogP contribution in [0.15, 0.2) is 66.0 Å². The predicted octanol–water partition coefficient (Wildman–Crippen LogP) is 5.10. The van der Waals surface area contributed by atoms with E-state index in [0.29, 0.717) is 17.1 Å². The fraction of sp³-hybridized carbons (Fsp3) is 0.222. The first-order chi connectivity index (χ1) is 16.8. The normalized spacial score (nSPS) is 17.4. The lowest BCUT2D eigenvalue weighted by molar-refractivity contribution is -0.126. The fourth-order valence-corrected chi connectivity index (χ4v) is 5.05. The highest BCUT2D eigenvalue weighted by Gasteiger charge is 2.49. The number of nitrogens with zero attached hydrogens (tertiary/aromatic N) is 3. The highest BCUT2D eigenvalue weighted by atomic mass is 32.1. The number of amides is 2. The number of hydrogen-bond acceptors (Lipinski definition) is 4. The fourth-order valence-electron chi connectivity index (χ4n) is 4.37. The molecule has 1 atom stereocenters. The van der Waals surface area contributed by atoms with E-state index >= 15 is 0 Å². The van der Waals surface area contributed by atoms with E-state index in [1.54, 1.807) is 46.0 Å². The van der Waals surface area contributed by atoms with Crippen molar-refractivity contribution in [1.29, 1.82) is 0 Å². The van der Waals surface area contributed by atoms with Crippen molar-refractivity contribution in [2.45, 2.75) is 39.4 Å². The number of halogens is 1. The quantitative estimate of drug-likeness (QED) is 0.425. The number of thiophene rings is 1. The number of hydrogen-bond donors (Lipinski definition) is 1. The van der Waals surface area contributed by atoms with Crippen LogP contribution in [0.1, 0.15) is 34.1 Å². The lowest BCUT2D eigenvalue weighted by Gasteiger charge is -2.43. The standard InChI is InChI=1S/C27H25FN4O2S/c1-17-6-11-21(13-18(17)2)32-25(33)23-14-22(24-5-4-12-35-24)30-31(23)16-27(32,3)26(34)29-15-19-7-9-20(28)10-8-19/h4-14H,15-16H2,1-3H3,(H,29,34)/t27-/m1/s1. The smallest absolute Gasteiger partial charge is 0.277 e. The summed E-state index contributed by atoms with van der Waals surface area (Å²) in [5.41, 5.74) is 3.47. The van der Waals surface area contributed by atoms with E-state index in [4.69, 9.17) is 0 Å². The highest BCUT2D eigenvalue weighted by Crippen LogP contribution is 2.35. The minimum Gasteiger partial charge on any atom is -0.350 e. The third kappa shape index (κ3) is 4.14. The highest BCUT2D eigenvalue weighted by molar-refractivity contribution is 7.13. The van der Waals surface area contributed by atoms with Crippen molar-refractivity contribution in [3.8, 4) is 10.6 Å². The molecule has 0 unspecified atom stereocenters. The van der Waals surface area contributed by atoms with Gasteiger partial charge < -0.3 is 5.32 Å². The zero-order valence-corrected chi connectivity index (χ0v) is 20.5. The van der Waals surface area contributed by atoms with Gasteiger partial charge in [-0.1, -0.05) is 24.3 Å². The Morgan fingerprint density at radius 2 is 1.89 bits per heavy atom. The molecular weight excluding hydrogens is 463 g/mol. The molecular formula is C27H25FN4O2S. The molecule has 2 aromatic carbocycles. The van der Waals surface area contributed by atoms with Crippen LogP contribution >= 0.6 is 11.3 Å². The van der Waals surface area contributed by atoms with Crippen molar-refractivity contribution in [2.75, 3.05) is 4.90 Å². The third-order valence-corrected chi connectivity index (χ3v) is 7.42. The average Bonchev–Trinajstić information content (AvgIpc) is 3.51. The number of aryl methyl sites for hydroxylation is 2. The molecule has 0 spiro atoms. The molecule has 0 saturated carbocycles. The lowest BCUT2D eigenvalue weighted by atomic mass is 9.93. The van der Waals surface area contributed by atoms with Crippen molar-refractivity contribution < 1.29 is 14.0 Å². The molecule has 1 aliphatic heterocycles. The molecule has 0 radical (unpaired) electrons. The van der Waals surface area contributed by atoms with Gasteiger partial charge in [0.2, 0.25) is 5.91 Å². The summed E-state index contributed by atoms with van der Waals surface area (Å²) in [7, 11) is 0. The topological polar surface area (TPSA) is 67.2 Å². The van der Waals surface area contributed by atoms with Crippen molar-refractivity contribution in [3.63, 3.8) is 0 Å². The summed E-state index contributed by atoms with van der Waals surface area (Å²) in [5, 5.41) is 9.58. The summed E-state index contributed by atoms with van der Waals surface area (Å²) in [6.45, 7) is 6.17. The maximum atomic E-state index is 13.9. The second-order valence-corrected chi connectivity index (χ2v) is 9.99. The average molecular weight is 489 g/mol. The van der Waals surface area contributed by atoms with Gasteiger partial charge in [0, 0.05) is 12.2 Å². The Kier molecular flexibility index (Phi) is 5.76. The molecule has 6 nitrogen and oxygen atoms in total. The Labute approximate surface area is 207 Å². The molecule has 1 aliphatic rings. The summed E-state index contributed by atoms with van der Waals surface area (Å²) in [4.78, 5) is 30.1. The van der Waals surface area contributed by atoms with Crippen LogP contribution in [0.2, 0.25) is 0 Å². The SMILES string of the molecule is Cc1ccc(N2C(=O)c3cc(-c4cccs4)nn3C[C@]2(C)C(=O)NCc2ccc(F)cc2)cc1C. The number of fused-ring (bicyclic) bond motifs is 1. The second-order valence-electron chi connectivity index (χ2n) is 9.04. The summed E-state index contributed by atoms with van der Waals surface area (Å²) < 4.78 is 14.9. The second kappa shape index (κ2) is 8.78. The van der Waals surface area contributed by atoms with Gasteiger partial charge >= 0.3 is 0 Å². The van der Waals surface area contributed by atoms with Gasteiger partial charge in [-0.3, -0.25) is 19.2 Å². The Morgan fingerprint density at radius 1 is 1.11 bits per heavy atom. The van der Waals surface area contributed by atoms with E-state index in [1.165, 1.54) is 12.1 Å². The van der Waals surface area contributed by atoms with Gasteiger partial charge in [0.25, 0.3) is 5.91 Å². The minimum atomic E-state index is -1.23. The van der Waals surface area contributed by atoms with Crippen LogP contribution in [-0.4, -0.2) is 27.1 Å². The van der Waals surface area contributed by atoms with Gasteiger partial charge in [-0.25, -0.2) is 4.39 Å². The molecule has 178 valence electrons. The molecule has 2 aromatic heterocycles. The van der Waals surface area contributed by atoms with Gasteiger partial charge in [0.05, 0.1) is 11.4 Å². The number of benzene rings is 2. The van der Waals surface area contributed by atoms with E-state index < -0.39 is 5.54 Å². The summed E-state index contributed by atoms with van der Waals surface area (Å²) in [6, 6.07) is 17.4. The Balaban J connectivity index is 1.54. The first kappa shape index (κ1) is 23.0. The number of rotatable bonds is 5. The molecule has 0 fully saturated rings. The maximum Gasteiger partial charge on any atom is 0.277 e. The van der Waals surface area contributed by atoms with Gasteiger partial charge in [0.15, 0.2) is 0 Å². The first-order valence-corrected chi connectivity index (χ1v) is 12.2. The Morgan fingerprint density at radius 3 is 2.57 bits per heavy atom. The number of anilines is 1. The Bertz CT molecular complexity index is 1410. The van der Waals surface area contributed by atoms with Crippen LogP contribution in [-0.2, 0) is 17.9 Å². The number of carbonyl (C=O) groups is 2. The van der Waals surface area contributed by atoms with Gasteiger partial charge in [-0.05, 0) is 79.2 Å². The summed E-state index contributed by atoms with van der Waals surface area (Å²) >= 11 is 1.55. The van der Waals surface area contributed by atoms with Crippen LogP contribution in [0.5, 0.6) is 0 Å². The molecule has 35 heavy (non-hydrogen) atoms. The van der Waals surface area contributed by atoms with E-state index in [1.807, 2.05) is 49.6 Å². The largest absolute Gasteiger partial charge is 0.350 e. The van der Waals surface area contributed by atoms with E-state index in [2.05, 4.69) is 10.4 Å². The molecule has 5 rings (SSSR count). The first-order valence-electron chi connectivity index (χ1n) is 11.3. The number of aromatic nitrogens is 2. The minimum absolute atomic E-state index is 0.196. The molecule has 0 aliphatic carbocycles. The molecule has 1 N–H and O–H groups in total. The summed E-state index contributed by atoms with van der Waals surface area (Å²) in [5.74, 6) is -0.931. The molecule has 8 heteroatoms. The maximum absolute atomic E-state index is 13.9. The van der Waals surface area contributed by atoms with Crippen molar-refractivity contribution in [3.05, 3.63) is 94.2 Å². The van der Waals surface area contributed by atoms with E-state index in [-0.39, 0.29) is 30.7 Å². The van der Waals surface area contributed by atoms with Crippen molar-refractivity contribution in [1.82, 2.24) is 15.1 Å². The van der Waals surface area contributed by atoms with E-state index in [9.17, 15) is 14.0 Å². The monoisotopic (exact) mass is 488 g/mol. The Hall–Kier alpha value is -3.78. The van der Waals surface area contributed by atoms with Crippen LogP contribution < -0.4 is 10.2 Å². The third-order valence-electron chi connectivity index (χ3n) is 6.53. The molecule has 0 saturated heterocycles. The van der Waals surface area contributed by atoms with Gasteiger partial charge in [0.1, 0.15) is 22.7 Å². The zero-order chi connectivity index (χ0) is 24.7. The molecule has 2 amide bonds. The van der Waals surface area contributed by atoms with Crippen molar-refractivity contribution in [2.24, 2.45) is 0 Å². The molecule has 0 bridgehead atoms. The van der Waals surface area contributed by atoms with Crippen LogP contribution in [0.4, 0.5) is 10.1 Å². The number of nitrogens with one attached hydrogen (secondary N) is 1. The lowest BCUT2D eigenvalue weighted by Crippen LogP contribution is -2.64. The van der Waals surface area contributed by atoms with Crippen molar-refractivity contribution >= 4 is 28.8 Å². The van der Waals surface area contributed by atoms with E-state index in [0.717, 1.165) is 21.6 Å². The molecule has 3 heterocycles.